The maximum absolute atomic E-state index is 11.3. The van der Waals surface area contributed by atoms with Crippen molar-refractivity contribution in [2.24, 2.45) is 5.16 Å². The number of hydrogen-bond donors (Lipinski definition) is 0. The molecule has 1 spiro atoms. The fourth-order valence-electron chi connectivity index (χ4n) is 2.71. The smallest absolute Gasteiger partial charge is 0.471 e. The highest BCUT2D eigenvalue weighted by molar-refractivity contribution is 5.89. The highest BCUT2D eigenvalue weighted by Crippen LogP contribution is 2.36. The number of nitrogens with zero attached hydrogens (tertiary/aromatic N) is 1. The first-order valence-electron chi connectivity index (χ1n) is 6.94. The molecule has 0 radical (unpaired) electrons. The van der Waals surface area contributed by atoms with Crippen molar-refractivity contribution in [3.8, 4) is 0 Å². The zero-order chi connectivity index (χ0) is 13.8. The Labute approximate surface area is 117 Å². The van der Waals surface area contributed by atoms with Crippen molar-refractivity contribution in [1.82, 2.24) is 0 Å². The van der Waals surface area contributed by atoms with Gasteiger partial charge in [-0.05, 0) is 36.4 Å². The first-order chi connectivity index (χ1) is 9.78. The topological polar surface area (TPSA) is 57.1 Å². The molecule has 0 N–H and O–H groups in total. The van der Waals surface area contributed by atoms with Crippen LogP contribution in [0.1, 0.15) is 37.7 Å². The lowest BCUT2D eigenvalue weighted by Gasteiger charge is -2.37. The standard InChI is InChI=1S/C15H17NO4/c17-14-19-15(9-5-2-6-10-15)13(16-20-14)18-11-12-7-3-1-4-8-12/h1,3-4,7-8H,2,5-6,9-11H2. The van der Waals surface area contributed by atoms with Crippen molar-refractivity contribution < 1.29 is 19.1 Å². The second-order valence-corrected chi connectivity index (χ2v) is 5.17. The summed E-state index contributed by atoms with van der Waals surface area (Å²) >= 11 is 0. The summed E-state index contributed by atoms with van der Waals surface area (Å²) in [5.41, 5.74) is 0.320. The lowest BCUT2D eigenvalue weighted by Crippen LogP contribution is -2.48. The van der Waals surface area contributed by atoms with E-state index < -0.39 is 11.8 Å². The molecule has 5 nitrogen and oxygen atoms in total. The summed E-state index contributed by atoms with van der Waals surface area (Å²) in [5, 5.41) is 3.82. The Morgan fingerprint density at radius 3 is 2.65 bits per heavy atom. The Kier molecular flexibility index (Phi) is 3.58. The number of oxime groups is 1. The largest absolute Gasteiger partial charge is 0.536 e. The summed E-state index contributed by atoms with van der Waals surface area (Å²) in [6, 6.07) is 9.81. The summed E-state index contributed by atoms with van der Waals surface area (Å²) in [6.45, 7) is 0.391. The quantitative estimate of drug-likeness (QED) is 0.613. The normalized spacial score (nSPS) is 20.8. The van der Waals surface area contributed by atoms with Crippen molar-refractivity contribution in [3.05, 3.63) is 35.9 Å². The number of rotatable bonds is 2. The molecular formula is C15H17NO4. The summed E-state index contributed by atoms with van der Waals surface area (Å²) in [5.74, 6) is 0.389. The van der Waals surface area contributed by atoms with E-state index in [1.165, 1.54) is 0 Å². The van der Waals surface area contributed by atoms with Crippen LogP contribution < -0.4 is 0 Å². The van der Waals surface area contributed by atoms with Crippen LogP contribution >= 0.6 is 0 Å². The minimum absolute atomic E-state index is 0.389. The zero-order valence-corrected chi connectivity index (χ0v) is 11.2. The second kappa shape index (κ2) is 5.53. The SMILES string of the molecule is O=C1ON=C(OCc2ccccc2)C2(CCCCC2)O1. The van der Waals surface area contributed by atoms with Crippen LogP contribution in [0, 0.1) is 0 Å². The molecule has 106 valence electrons. The molecule has 0 saturated heterocycles. The molecule has 5 heteroatoms. The van der Waals surface area contributed by atoms with Gasteiger partial charge in [0.25, 0.3) is 5.90 Å². The molecular weight excluding hydrogens is 258 g/mol. The maximum atomic E-state index is 11.3. The number of hydrogen-bond acceptors (Lipinski definition) is 5. The lowest BCUT2D eigenvalue weighted by molar-refractivity contribution is -0.0525. The molecule has 0 atom stereocenters. The van der Waals surface area contributed by atoms with E-state index in [0.717, 1.165) is 37.7 Å². The molecule has 2 aliphatic rings. The first-order valence-corrected chi connectivity index (χ1v) is 6.94. The van der Waals surface area contributed by atoms with E-state index in [0.29, 0.717) is 12.5 Å². The predicted molar refractivity (Wildman–Crippen MR) is 72.0 cm³/mol. The zero-order valence-electron chi connectivity index (χ0n) is 11.2. The molecule has 0 aromatic heterocycles. The average molecular weight is 275 g/mol. The van der Waals surface area contributed by atoms with Gasteiger partial charge in [0.2, 0.25) is 0 Å². The predicted octanol–water partition coefficient (Wildman–Crippen LogP) is 3.39. The molecule has 3 rings (SSSR count). The van der Waals surface area contributed by atoms with Crippen molar-refractivity contribution >= 4 is 12.1 Å². The summed E-state index contributed by atoms with van der Waals surface area (Å²) in [7, 11) is 0. The van der Waals surface area contributed by atoms with Crippen molar-refractivity contribution in [3.63, 3.8) is 0 Å². The Hall–Kier alpha value is -2.04. The molecule has 0 unspecified atom stereocenters. The minimum Gasteiger partial charge on any atom is -0.471 e. The highest BCUT2D eigenvalue weighted by Gasteiger charge is 2.46. The van der Waals surface area contributed by atoms with Crippen LogP contribution in [0.15, 0.2) is 35.5 Å². The third-order valence-electron chi connectivity index (χ3n) is 3.75. The van der Waals surface area contributed by atoms with Gasteiger partial charge >= 0.3 is 6.16 Å². The molecule has 1 aliphatic carbocycles. The molecule has 1 aromatic carbocycles. The molecule has 1 fully saturated rings. The van der Waals surface area contributed by atoms with Gasteiger partial charge in [0, 0.05) is 0 Å². The van der Waals surface area contributed by atoms with Crippen LogP contribution in [0.3, 0.4) is 0 Å². The van der Waals surface area contributed by atoms with Gasteiger partial charge in [-0.1, -0.05) is 36.8 Å². The van der Waals surface area contributed by atoms with Crippen molar-refractivity contribution in [1.29, 1.82) is 0 Å². The van der Waals surface area contributed by atoms with Crippen LogP contribution in [0.2, 0.25) is 0 Å². The third kappa shape index (κ3) is 2.61. The van der Waals surface area contributed by atoms with Gasteiger partial charge in [-0.2, -0.15) is 0 Å². The lowest BCUT2D eigenvalue weighted by atomic mass is 9.84. The van der Waals surface area contributed by atoms with E-state index in [4.69, 9.17) is 9.47 Å². The molecule has 1 aromatic rings. The van der Waals surface area contributed by atoms with E-state index in [1.807, 2.05) is 30.3 Å². The van der Waals surface area contributed by atoms with E-state index in [1.54, 1.807) is 0 Å². The monoisotopic (exact) mass is 275 g/mol. The Balaban J connectivity index is 1.74. The van der Waals surface area contributed by atoms with Gasteiger partial charge in [-0.25, -0.2) is 4.79 Å². The van der Waals surface area contributed by atoms with Gasteiger partial charge in [0.15, 0.2) is 5.60 Å². The minimum atomic E-state index is -0.737. The summed E-state index contributed by atoms with van der Waals surface area (Å²) < 4.78 is 11.2. The fourth-order valence-corrected chi connectivity index (χ4v) is 2.71. The second-order valence-electron chi connectivity index (χ2n) is 5.17. The van der Waals surface area contributed by atoms with E-state index in [9.17, 15) is 4.79 Å². The van der Waals surface area contributed by atoms with Crippen LogP contribution in [0.5, 0.6) is 0 Å². The average Bonchev–Trinajstić information content (AvgIpc) is 2.48. The van der Waals surface area contributed by atoms with Gasteiger partial charge in [-0.3, -0.25) is 4.84 Å². The van der Waals surface area contributed by atoms with Crippen LogP contribution in [0.25, 0.3) is 0 Å². The molecule has 20 heavy (non-hydrogen) atoms. The van der Waals surface area contributed by atoms with Gasteiger partial charge < -0.3 is 9.47 Å². The Morgan fingerprint density at radius 2 is 1.90 bits per heavy atom. The van der Waals surface area contributed by atoms with Gasteiger partial charge in [0.05, 0.1) is 0 Å². The van der Waals surface area contributed by atoms with E-state index in [2.05, 4.69) is 9.99 Å². The van der Waals surface area contributed by atoms with E-state index >= 15 is 0 Å². The molecule has 0 amide bonds. The highest BCUT2D eigenvalue weighted by atomic mass is 16.8. The maximum Gasteiger partial charge on any atom is 0.536 e. The number of carbonyl (C=O) groups is 1. The molecule has 1 saturated carbocycles. The third-order valence-corrected chi connectivity index (χ3v) is 3.75. The number of carbonyl (C=O) groups excluding carboxylic acids is 1. The van der Waals surface area contributed by atoms with Gasteiger partial charge in [-0.15, -0.1) is 0 Å². The van der Waals surface area contributed by atoms with Crippen LogP contribution in [0.4, 0.5) is 4.79 Å². The van der Waals surface area contributed by atoms with Crippen molar-refractivity contribution in [2.75, 3.05) is 0 Å². The van der Waals surface area contributed by atoms with Crippen LogP contribution in [-0.4, -0.2) is 17.7 Å². The number of ether oxygens (including phenoxy) is 2. The molecule has 0 bridgehead atoms. The van der Waals surface area contributed by atoms with Crippen molar-refractivity contribution in [2.45, 2.75) is 44.3 Å². The summed E-state index contributed by atoms with van der Waals surface area (Å²) in [4.78, 5) is 16.0. The Morgan fingerprint density at radius 1 is 1.15 bits per heavy atom. The van der Waals surface area contributed by atoms with Gasteiger partial charge in [0.1, 0.15) is 6.61 Å². The molecule has 1 heterocycles. The number of benzene rings is 1. The Bertz CT molecular complexity index is 506. The van der Waals surface area contributed by atoms with Crippen LogP contribution in [-0.2, 0) is 20.9 Å². The molecule has 1 aliphatic heterocycles. The first kappa shape index (κ1) is 13.0. The summed E-state index contributed by atoms with van der Waals surface area (Å²) in [6.07, 6.45) is 3.90. The van der Waals surface area contributed by atoms with E-state index in [-0.39, 0.29) is 0 Å². The fraction of sp³-hybridized carbons (Fsp3) is 0.467.